The molecule has 1 aliphatic rings. The molecule has 2 aromatic rings. The van der Waals surface area contributed by atoms with Crippen LogP contribution >= 0.6 is 0 Å². The number of ether oxygens (including phenoxy) is 2. The van der Waals surface area contributed by atoms with Crippen molar-refractivity contribution in [3.8, 4) is 5.75 Å². The number of piperidine rings is 1. The van der Waals surface area contributed by atoms with Gasteiger partial charge >= 0.3 is 6.09 Å². The van der Waals surface area contributed by atoms with Gasteiger partial charge in [0.2, 0.25) is 0 Å². The van der Waals surface area contributed by atoms with E-state index in [1.165, 1.54) is 6.20 Å². The zero-order valence-corrected chi connectivity index (χ0v) is 17.9. The van der Waals surface area contributed by atoms with Gasteiger partial charge in [0.15, 0.2) is 0 Å². The molecule has 0 bridgehead atoms. The van der Waals surface area contributed by atoms with Crippen LogP contribution in [0, 0.1) is 5.82 Å². The first-order chi connectivity index (χ1) is 14.2. The summed E-state index contributed by atoms with van der Waals surface area (Å²) in [7, 11) is 1.57. The number of methoxy groups -OCH3 is 1. The lowest BCUT2D eigenvalue weighted by Gasteiger charge is -2.36. The number of likely N-dealkylation sites (tertiary alicyclic amines) is 1. The molecule has 1 fully saturated rings. The molecular weight excluding hydrogens is 389 g/mol. The molecule has 7 nitrogen and oxygen atoms in total. The molecule has 1 aliphatic heterocycles. The number of hydrogen-bond acceptors (Lipinski definition) is 6. The van der Waals surface area contributed by atoms with Crippen LogP contribution in [0.2, 0.25) is 0 Å². The molecular formula is C22H30FN3O4. The Morgan fingerprint density at radius 3 is 2.83 bits per heavy atom. The van der Waals surface area contributed by atoms with E-state index in [0.717, 1.165) is 5.39 Å². The van der Waals surface area contributed by atoms with Crippen molar-refractivity contribution in [1.82, 2.24) is 15.2 Å². The summed E-state index contributed by atoms with van der Waals surface area (Å²) in [4.78, 5) is 18.2. The van der Waals surface area contributed by atoms with Gasteiger partial charge in [0.1, 0.15) is 17.2 Å². The number of aliphatic hydroxyl groups excluding tert-OH is 1. The maximum atomic E-state index is 14.5. The lowest BCUT2D eigenvalue weighted by molar-refractivity contribution is 0.0203. The van der Waals surface area contributed by atoms with Gasteiger partial charge in [0.25, 0.3) is 0 Å². The Hall–Kier alpha value is -2.45. The number of halogens is 1. The minimum Gasteiger partial charge on any atom is -0.497 e. The standard InChI is InChI=1S/C22H30FN3O4/c1-22(2,3)30-21(28)25-19-8-10-26(13-20(19)27)9-7-15-16-11-14(29-4)5-6-18(16)24-12-17(15)23/h5-6,11-12,19-20,27H,7-10,13H2,1-4H3,(H,25,28). The number of benzene rings is 1. The van der Waals surface area contributed by atoms with Gasteiger partial charge in [-0.3, -0.25) is 4.98 Å². The van der Waals surface area contributed by atoms with Crippen LogP contribution in [0.15, 0.2) is 24.4 Å². The number of rotatable bonds is 5. The van der Waals surface area contributed by atoms with Crippen LogP contribution in [0.3, 0.4) is 0 Å². The van der Waals surface area contributed by atoms with Crippen molar-refractivity contribution in [3.05, 3.63) is 35.8 Å². The number of pyridine rings is 1. The van der Waals surface area contributed by atoms with Crippen molar-refractivity contribution >= 4 is 17.0 Å². The summed E-state index contributed by atoms with van der Waals surface area (Å²) in [5, 5.41) is 13.9. The summed E-state index contributed by atoms with van der Waals surface area (Å²) in [5.41, 5.74) is 0.713. The summed E-state index contributed by atoms with van der Waals surface area (Å²) < 4.78 is 25.0. The zero-order chi connectivity index (χ0) is 21.9. The molecule has 1 aromatic heterocycles. The first kappa shape index (κ1) is 22.2. The molecule has 0 aliphatic carbocycles. The van der Waals surface area contributed by atoms with Crippen LogP contribution in [0.1, 0.15) is 32.8 Å². The van der Waals surface area contributed by atoms with E-state index in [1.807, 2.05) is 6.07 Å². The fourth-order valence-corrected chi connectivity index (χ4v) is 3.68. The summed E-state index contributed by atoms with van der Waals surface area (Å²) in [6.07, 6.45) is 1.07. The van der Waals surface area contributed by atoms with Gasteiger partial charge < -0.3 is 24.8 Å². The maximum absolute atomic E-state index is 14.5. The third-order valence-corrected chi connectivity index (χ3v) is 5.18. The minimum absolute atomic E-state index is 0.349. The first-order valence-corrected chi connectivity index (χ1v) is 10.2. The first-order valence-electron chi connectivity index (χ1n) is 10.2. The van der Waals surface area contributed by atoms with Crippen LogP contribution in [0.25, 0.3) is 10.9 Å². The molecule has 1 saturated heterocycles. The summed E-state index contributed by atoms with van der Waals surface area (Å²) >= 11 is 0. The largest absolute Gasteiger partial charge is 0.497 e. The molecule has 0 spiro atoms. The number of hydrogen-bond donors (Lipinski definition) is 2. The highest BCUT2D eigenvalue weighted by molar-refractivity contribution is 5.83. The van der Waals surface area contributed by atoms with E-state index >= 15 is 0 Å². The molecule has 2 atom stereocenters. The summed E-state index contributed by atoms with van der Waals surface area (Å²) in [5.74, 6) is 0.304. The molecule has 8 heteroatoms. The van der Waals surface area contributed by atoms with E-state index in [1.54, 1.807) is 40.0 Å². The van der Waals surface area contributed by atoms with Crippen molar-refractivity contribution in [2.45, 2.75) is 51.4 Å². The van der Waals surface area contributed by atoms with E-state index in [-0.39, 0.29) is 11.9 Å². The number of fused-ring (bicyclic) bond motifs is 1. The molecule has 3 rings (SSSR count). The van der Waals surface area contributed by atoms with E-state index in [4.69, 9.17) is 9.47 Å². The maximum Gasteiger partial charge on any atom is 0.407 e. The van der Waals surface area contributed by atoms with Crippen molar-refractivity contribution in [2.75, 3.05) is 26.7 Å². The number of carbonyl (C=O) groups excluding carboxylic acids is 1. The molecule has 0 saturated carbocycles. The Balaban J connectivity index is 1.60. The fourth-order valence-electron chi connectivity index (χ4n) is 3.68. The Morgan fingerprint density at radius 1 is 1.40 bits per heavy atom. The topological polar surface area (TPSA) is 83.9 Å². The third kappa shape index (κ3) is 5.58. The summed E-state index contributed by atoms with van der Waals surface area (Å²) in [6.45, 7) is 7.05. The van der Waals surface area contributed by atoms with Gasteiger partial charge in [-0.15, -0.1) is 0 Å². The average molecular weight is 419 g/mol. The molecule has 30 heavy (non-hydrogen) atoms. The second-order valence-corrected chi connectivity index (χ2v) is 8.63. The number of aliphatic hydroxyl groups is 1. The van der Waals surface area contributed by atoms with Gasteiger partial charge in [-0.1, -0.05) is 0 Å². The van der Waals surface area contributed by atoms with Crippen LogP contribution in [0.5, 0.6) is 5.75 Å². The second kappa shape index (κ2) is 9.14. The molecule has 1 amide bonds. The molecule has 0 radical (unpaired) electrons. The Kier molecular flexibility index (Phi) is 6.77. The lowest BCUT2D eigenvalue weighted by atomic mass is 10.0. The number of nitrogens with zero attached hydrogens (tertiary/aromatic N) is 2. The van der Waals surface area contributed by atoms with Crippen molar-refractivity contribution in [2.24, 2.45) is 0 Å². The highest BCUT2D eigenvalue weighted by Gasteiger charge is 2.30. The minimum atomic E-state index is -0.717. The van der Waals surface area contributed by atoms with E-state index in [2.05, 4.69) is 15.2 Å². The normalized spacial score (nSPS) is 20.2. The Labute approximate surface area is 176 Å². The molecule has 1 aromatic carbocycles. The summed E-state index contributed by atoms with van der Waals surface area (Å²) in [6, 6.07) is 5.05. The zero-order valence-electron chi connectivity index (χ0n) is 17.9. The number of alkyl carbamates (subject to hydrolysis) is 1. The van der Waals surface area contributed by atoms with Crippen molar-refractivity contribution in [1.29, 1.82) is 0 Å². The number of nitrogens with one attached hydrogen (secondary N) is 1. The Morgan fingerprint density at radius 2 is 2.17 bits per heavy atom. The van der Waals surface area contributed by atoms with E-state index < -0.39 is 17.8 Å². The smallest absolute Gasteiger partial charge is 0.407 e. The average Bonchev–Trinajstić information content (AvgIpc) is 2.67. The molecule has 2 unspecified atom stereocenters. The third-order valence-electron chi connectivity index (χ3n) is 5.18. The predicted molar refractivity (Wildman–Crippen MR) is 112 cm³/mol. The SMILES string of the molecule is COc1ccc2ncc(F)c(CCN3CCC(NC(=O)OC(C)(C)C)C(O)C3)c2c1. The number of aromatic nitrogens is 1. The molecule has 2 N–H and O–H groups in total. The highest BCUT2D eigenvalue weighted by Crippen LogP contribution is 2.25. The molecule has 164 valence electrons. The predicted octanol–water partition coefficient (Wildman–Crippen LogP) is 2.88. The van der Waals surface area contributed by atoms with E-state index in [0.29, 0.717) is 49.3 Å². The number of β-amino-alcohol motifs (C(OH)–C–C–N with tert-alkyl or cyclic N) is 1. The van der Waals surface area contributed by atoms with Crippen LogP contribution in [0.4, 0.5) is 9.18 Å². The van der Waals surface area contributed by atoms with Crippen molar-refractivity contribution < 1.29 is 23.8 Å². The van der Waals surface area contributed by atoms with Gasteiger partial charge in [0.05, 0.1) is 31.0 Å². The van der Waals surface area contributed by atoms with Crippen molar-refractivity contribution in [3.63, 3.8) is 0 Å². The monoisotopic (exact) mass is 419 g/mol. The van der Waals surface area contributed by atoms with Crippen LogP contribution in [-0.2, 0) is 11.2 Å². The van der Waals surface area contributed by atoms with Crippen LogP contribution in [-0.4, -0.2) is 65.6 Å². The van der Waals surface area contributed by atoms with Gasteiger partial charge in [-0.25, -0.2) is 9.18 Å². The van der Waals surface area contributed by atoms with Crippen LogP contribution < -0.4 is 10.1 Å². The fraction of sp³-hybridized carbons (Fsp3) is 0.545. The second-order valence-electron chi connectivity index (χ2n) is 8.63. The number of carbonyl (C=O) groups is 1. The molecule has 2 heterocycles. The van der Waals surface area contributed by atoms with E-state index in [9.17, 15) is 14.3 Å². The Bertz CT molecular complexity index is 900. The number of amides is 1. The van der Waals surface area contributed by atoms with Gasteiger partial charge in [-0.05, 0) is 51.8 Å². The highest BCUT2D eigenvalue weighted by atomic mass is 19.1. The van der Waals surface area contributed by atoms with Gasteiger partial charge in [-0.2, -0.15) is 0 Å². The quantitative estimate of drug-likeness (QED) is 0.775. The van der Waals surface area contributed by atoms with Gasteiger partial charge in [0, 0.05) is 30.6 Å². The lowest BCUT2D eigenvalue weighted by Crippen LogP contribution is -2.54.